The van der Waals surface area contributed by atoms with Gasteiger partial charge in [-0.05, 0) is 45.2 Å². The lowest BCUT2D eigenvalue weighted by Gasteiger charge is -2.24. The molecule has 2 aliphatic rings. The molecular weight excluding hydrogens is 477 g/mol. The number of alkyl halides is 5. The zero-order chi connectivity index (χ0) is 26.4. The van der Waals surface area contributed by atoms with E-state index >= 15 is 0 Å². The first kappa shape index (κ1) is 26.4. The van der Waals surface area contributed by atoms with Gasteiger partial charge in [0.15, 0.2) is 0 Å². The van der Waals surface area contributed by atoms with E-state index in [1.54, 1.807) is 13.8 Å². The first-order chi connectivity index (χ1) is 16.0. The second-order valence-electron chi connectivity index (χ2n) is 10.2. The number of carbonyl (C=O) groups is 3. The van der Waals surface area contributed by atoms with Crippen LogP contribution in [-0.2, 0) is 15.8 Å². The summed E-state index contributed by atoms with van der Waals surface area (Å²) in [7, 11) is 0. The van der Waals surface area contributed by atoms with Gasteiger partial charge in [0.1, 0.15) is 23.5 Å². The van der Waals surface area contributed by atoms with E-state index in [2.05, 4.69) is 16.0 Å². The Bertz CT molecular complexity index is 1060. The molecule has 3 rings (SSSR count). The Balaban J connectivity index is 1.73. The van der Waals surface area contributed by atoms with Crippen LogP contribution in [0.5, 0.6) is 0 Å². The molecule has 35 heavy (non-hydrogen) atoms. The Labute approximate surface area is 198 Å². The Morgan fingerprint density at radius 3 is 2.31 bits per heavy atom. The minimum absolute atomic E-state index is 0.0306. The highest BCUT2D eigenvalue weighted by Crippen LogP contribution is 2.62. The molecule has 4 N–H and O–H groups in total. The lowest BCUT2D eigenvalue weighted by molar-refractivity contribution is -0.140. The van der Waals surface area contributed by atoms with Crippen molar-refractivity contribution >= 4 is 17.7 Å². The minimum Gasteiger partial charge on any atom is -0.351 e. The molecule has 1 saturated heterocycles. The molecule has 1 unspecified atom stereocenters. The Kier molecular flexibility index (Phi) is 6.65. The molecule has 1 aromatic rings. The summed E-state index contributed by atoms with van der Waals surface area (Å²) < 4.78 is 66.2. The van der Waals surface area contributed by atoms with Crippen LogP contribution in [0.3, 0.4) is 0 Å². The Hall–Kier alpha value is -3.17. The summed E-state index contributed by atoms with van der Waals surface area (Å²) >= 11 is 0. The highest BCUT2D eigenvalue weighted by atomic mass is 19.4. The molecular formula is C22H26F5N5O3. The van der Waals surface area contributed by atoms with Crippen molar-refractivity contribution in [3.05, 3.63) is 23.5 Å². The highest BCUT2D eigenvalue weighted by molar-refractivity contribution is 5.96. The number of H-pyrrole nitrogens is 1. The molecule has 0 aromatic carbocycles. The maximum absolute atomic E-state index is 13.8. The molecule has 0 radical (unpaired) electrons. The van der Waals surface area contributed by atoms with Crippen LogP contribution in [0.25, 0.3) is 0 Å². The van der Waals surface area contributed by atoms with Gasteiger partial charge in [-0.15, -0.1) is 0 Å². The van der Waals surface area contributed by atoms with Gasteiger partial charge in [0.2, 0.25) is 11.8 Å². The lowest BCUT2D eigenvalue weighted by Crippen LogP contribution is -2.51. The molecule has 1 aromatic heterocycles. The van der Waals surface area contributed by atoms with E-state index in [-0.39, 0.29) is 12.3 Å². The second-order valence-corrected chi connectivity index (χ2v) is 10.2. The second kappa shape index (κ2) is 8.80. The van der Waals surface area contributed by atoms with Crippen molar-refractivity contribution in [1.82, 2.24) is 20.9 Å². The van der Waals surface area contributed by atoms with Gasteiger partial charge in [-0.1, -0.05) is 6.92 Å². The summed E-state index contributed by atoms with van der Waals surface area (Å²) in [6.07, 6.45) is -5.38. The number of nitrogens with zero attached hydrogens (tertiary/aromatic N) is 1. The van der Waals surface area contributed by atoms with Gasteiger partial charge in [-0.2, -0.15) is 18.4 Å². The van der Waals surface area contributed by atoms with Gasteiger partial charge in [-0.25, -0.2) is 8.78 Å². The van der Waals surface area contributed by atoms with Crippen molar-refractivity contribution in [3.8, 4) is 6.07 Å². The van der Waals surface area contributed by atoms with Crippen molar-refractivity contribution in [2.24, 2.45) is 11.3 Å². The number of aromatic nitrogens is 1. The maximum atomic E-state index is 13.8. The van der Waals surface area contributed by atoms with Gasteiger partial charge in [0.25, 0.3) is 11.8 Å². The minimum atomic E-state index is -4.74. The van der Waals surface area contributed by atoms with Crippen LogP contribution in [0, 0.1) is 22.7 Å². The fourth-order valence-corrected chi connectivity index (χ4v) is 4.34. The number of halogens is 5. The van der Waals surface area contributed by atoms with Gasteiger partial charge in [-0.3, -0.25) is 14.4 Å². The van der Waals surface area contributed by atoms with Crippen molar-refractivity contribution in [2.75, 3.05) is 0 Å². The molecule has 13 heteroatoms. The van der Waals surface area contributed by atoms with E-state index in [0.717, 1.165) is 6.07 Å². The lowest BCUT2D eigenvalue weighted by atomic mass is 9.91. The summed E-state index contributed by atoms with van der Waals surface area (Å²) in [5.74, 6) is -5.97. The summed E-state index contributed by atoms with van der Waals surface area (Å²) in [6.45, 7) is 4.83. The van der Waals surface area contributed by atoms with Crippen LogP contribution in [0.15, 0.2) is 12.1 Å². The first-order valence-corrected chi connectivity index (χ1v) is 10.9. The SMILES string of the molecule is CC1(C)C[C@@H](C[C@@H](C#N)NC(=O)C(C[C@]2(C)CC2(F)F)NC(=O)c2ccc(C(F)(F)F)[nH]2)C(=O)N1. The van der Waals surface area contributed by atoms with Crippen LogP contribution < -0.4 is 16.0 Å². The predicted molar refractivity (Wildman–Crippen MR) is 112 cm³/mol. The monoisotopic (exact) mass is 503 g/mol. The predicted octanol–water partition coefficient (Wildman–Crippen LogP) is 2.88. The van der Waals surface area contributed by atoms with Crippen LogP contribution in [0.4, 0.5) is 22.0 Å². The maximum Gasteiger partial charge on any atom is 0.431 e. The number of hydrogen-bond acceptors (Lipinski definition) is 4. The topological polar surface area (TPSA) is 127 Å². The zero-order valence-corrected chi connectivity index (χ0v) is 19.3. The Morgan fingerprint density at radius 2 is 1.86 bits per heavy atom. The van der Waals surface area contributed by atoms with E-state index in [1.165, 1.54) is 6.92 Å². The zero-order valence-electron chi connectivity index (χ0n) is 19.3. The summed E-state index contributed by atoms with van der Waals surface area (Å²) in [6, 6.07) is 0.654. The first-order valence-electron chi connectivity index (χ1n) is 10.9. The molecule has 1 aliphatic carbocycles. The quantitative estimate of drug-likeness (QED) is 0.407. The van der Waals surface area contributed by atoms with Crippen molar-refractivity contribution in [2.45, 2.75) is 76.2 Å². The highest BCUT2D eigenvalue weighted by Gasteiger charge is 2.68. The van der Waals surface area contributed by atoms with Crippen molar-refractivity contribution < 1.29 is 36.3 Å². The largest absolute Gasteiger partial charge is 0.431 e. The van der Waals surface area contributed by atoms with Gasteiger partial charge in [0.05, 0.1) is 6.07 Å². The molecule has 3 amide bonds. The van der Waals surface area contributed by atoms with Crippen molar-refractivity contribution in [1.29, 1.82) is 5.26 Å². The number of hydrogen-bond donors (Lipinski definition) is 4. The average molecular weight is 503 g/mol. The summed E-state index contributed by atoms with van der Waals surface area (Å²) in [5, 5.41) is 16.8. The van der Waals surface area contributed by atoms with E-state index in [0.29, 0.717) is 12.5 Å². The van der Waals surface area contributed by atoms with E-state index in [9.17, 15) is 41.6 Å². The standard InChI is InChI=1S/C22H26F5N5O3/c1-19(2)7-11(16(33)32-19)6-12(9-28)29-18(35)14(8-20(3)10-21(20,23)24)31-17(34)13-4-5-15(30-13)22(25,26)27/h4-5,11-12,14,30H,6-8,10H2,1-3H3,(H,29,35)(H,31,34)(H,32,33)/t11-,12+,14?,20-/m1/s1. The molecule has 0 bridgehead atoms. The fraction of sp³-hybridized carbons (Fsp3) is 0.636. The van der Waals surface area contributed by atoms with E-state index in [1.807, 2.05) is 11.1 Å². The number of amides is 3. The van der Waals surface area contributed by atoms with E-state index in [4.69, 9.17) is 0 Å². The number of carbonyl (C=O) groups excluding carboxylic acids is 3. The molecule has 1 aliphatic heterocycles. The van der Waals surface area contributed by atoms with Crippen LogP contribution >= 0.6 is 0 Å². The molecule has 4 atom stereocenters. The number of nitrogens with one attached hydrogen (secondary N) is 4. The van der Waals surface area contributed by atoms with Gasteiger partial charge < -0.3 is 20.9 Å². The van der Waals surface area contributed by atoms with Crippen LogP contribution in [0.2, 0.25) is 0 Å². The smallest absolute Gasteiger partial charge is 0.351 e. The summed E-state index contributed by atoms with van der Waals surface area (Å²) in [4.78, 5) is 39.5. The Morgan fingerprint density at radius 1 is 1.23 bits per heavy atom. The third kappa shape index (κ3) is 5.91. The normalized spacial score (nSPS) is 26.3. The summed E-state index contributed by atoms with van der Waals surface area (Å²) in [5.41, 5.74) is -3.79. The molecule has 0 spiro atoms. The van der Waals surface area contributed by atoms with Gasteiger partial charge >= 0.3 is 6.18 Å². The molecule has 2 fully saturated rings. The number of aromatic amines is 1. The van der Waals surface area contributed by atoms with E-state index < -0.39 is 77.1 Å². The van der Waals surface area contributed by atoms with Gasteiger partial charge in [0, 0.05) is 23.3 Å². The third-order valence-electron chi connectivity index (χ3n) is 6.46. The van der Waals surface area contributed by atoms with Crippen LogP contribution in [-0.4, -0.2) is 46.3 Å². The average Bonchev–Trinajstić information content (AvgIpc) is 3.08. The fourth-order valence-electron chi connectivity index (χ4n) is 4.34. The van der Waals surface area contributed by atoms with Crippen molar-refractivity contribution in [3.63, 3.8) is 0 Å². The molecule has 8 nitrogen and oxygen atoms in total. The molecule has 1 saturated carbocycles. The van der Waals surface area contributed by atoms with Crippen LogP contribution in [0.1, 0.15) is 62.6 Å². The molecule has 192 valence electrons. The number of rotatable bonds is 8. The number of nitriles is 1. The molecule has 2 heterocycles. The third-order valence-corrected chi connectivity index (χ3v) is 6.46.